The Kier molecular flexibility index (Phi) is 4.11. The van der Waals surface area contributed by atoms with Crippen LogP contribution in [0.4, 0.5) is 18.0 Å². The molecule has 1 aromatic carbocycles. The normalized spacial score (nSPS) is 20.0. The van der Waals surface area contributed by atoms with Crippen molar-refractivity contribution in [3.05, 3.63) is 34.9 Å². The van der Waals surface area contributed by atoms with Gasteiger partial charge in [0.1, 0.15) is 0 Å². The molecule has 21 heavy (non-hydrogen) atoms. The molecular weight excluding hydrogens is 289 g/mol. The van der Waals surface area contributed by atoms with E-state index in [1.165, 1.54) is 6.07 Å². The summed E-state index contributed by atoms with van der Waals surface area (Å²) in [7, 11) is 0. The number of alkyl halides is 3. The number of nitrogens with zero attached hydrogens (tertiary/aromatic N) is 1. The SMILES string of the molecule is NCC(O)[C@@H]1Cc2ccc(C(F)(F)F)cc2CN1C(=O)O. The first-order chi connectivity index (χ1) is 9.74. The van der Waals surface area contributed by atoms with Crippen molar-refractivity contribution in [1.29, 1.82) is 0 Å². The molecule has 0 saturated heterocycles. The lowest BCUT2D eigenvalue weighted by atomic mass is 9.90. The number of aliphatic hydroxyl groups excluding tert-OH is 1. The Morgan fingerprint density at radius 2 is 2.10 bits per heavy atom. The highest BCUT2D eigenvalue weighted by molar-refractivity contribution is 5.66. The molecule has 1 unspecified atom stereocenters. The molecule has 0 aliphatic carbocycles. The number of halogens is 3. The third kappa shape index (κ3) is 3.11. The molecule has 0 fully saturated rings. The van der Waals surface area contributed by atoms with E-state index in [1.807, 2.05) is 0 Å². The zero-order valence-corrected chi connectivity index (χ0v) is 11.0. The van der Waals surface area contributed by atoms with Gasteiger partial charge in [-0.15, -0.1) is 0 Å². The van der Waals surface area contributed by atoms with E-state index in [2.05, 4.69) is 0 Å². The van der Waals surface area contributed by atoms with Crippen LogP contribution in [0, 0.1) is 0 Å². The minimum absolute atomic E-state index is 0.121. The Balaban J connectivity index is 2.37. The highest BCUT2D eigenvalue weighted by Crippen LogP contribution is 2.33. The zero-order valence-electron chi connectivity index (χ0n) is 11.0. The van der Waals surface area contributed by atoms with E-state index in [0.29, 0.717) is 11.1 Å². The average molecular weight is 304 g/mol. The number of rotatable bonds is 2. The second kappa shape index (κ2) is 5.53. The molecular formula is C13H15F3N2O3. The molecule has 1 heterocycles. The van der Waals surface area contributed by atoms with Crippen LogP contribution in [0.25, 0.3) is 0 Å². The number of carbonyl (C=O) groups is 1. The number of carboxylic acid groups (broad SMARTS) is 1. The van der Waals surface area contributed by atoms with Crippen molar-refractivity contribution < 1.29 is 28.2 Å². The van der Waals surface area contributed by atoms with E-state index in [1.54, 1.807) is 0 Å². The lowest BCUT2D eigenvalue weighted by molar-refractivity contribution is -0.137. The van der Waals surface area contributed by atoms with Gasteiger partial charge in [-0.05, 0) is 29.7 Å². The maximum atomic E-state index is 12.7. The van der Waals surface area contributed by atoms with Crippen LogP contribution in [0.15, 0.2) is 18.2 Å². The van der Waals surface area contributed by atoms with Crippen LogP contribution in [0.5, 0.6) is 0 Å². The van der Waals surface area contributed by atoms with Crippen LogP contribution in [0.1, 0.15) is 16.7 Å². The topological polar surface area (TPSA) is 86.8 Å². The summed E-state index contributed by atoms with van der Waals surface area (Å²) in [5.41, 5.74) is 5.43. The fourth-order valence-corrected chi connectivity index (χ4v) is 2.50. The van der Waals surface area contributed by atoms with Gasteiger partial charge in [0.05, 0.1) is 17.7 Å². The molecule has 0 radical (unpaired) electrons. The first-order valence-electron chi connectivity index (χ1n) is 6.30. The van der Waals surface area contributed by atoms with Gasteiger partial charge in [-0.2, -0.15) is 13.2 Å². The van der Waals surface area contributed by atoms with Gasteiger partial charge in [-0.1, -0.05) is 6.07 Å². The third-order valence-corrected chi connectivity index (χ3v) is 3.64. The number of hydrogen-bond donors (Lipinski definition) is 3. The van der Waals surface area contributed by atoms with Gasteiger partial charge in [-0.3, -0.25) is 4.90 Å². The lowest BCUT2D eigenvalue weighted by Crippen LogP contribution is -2.52. The molecule has 4 N–H and O–H groups in total. The predicted octanol–water partition coefficient (Wildman–Crippen LogP) is 1.43. The summed E-state index contributed by atoms with van der Waals surface area (Å²) in [4.78, 5) is 12.2. The molecule has 1 aliphatic heterocycles. The Hall–Kier alpha value is -1.80. The molecule has 1 aliphatic rings. The van der Waals surface area contributed by atoms with E-state index < -0.39 is 30.0 Å². The third-order valence-electron chi connectivity index (χ3n) is 3.64. The molecule has 0 aromatic heterocycles. The average Bonchev–Trinajstić information content (AvgIpc) is 2.43. The fourth-order valence-electron chi connectivity index (χ4n) is 2.50. The van der Waals surface area contributed by atoms with Gasteiger partial charge in [0.25, 0.3) is 0 Å². The Labute approximate surface area is 118 Å². The first-order valence-corrected chi connectivity index (χ1v) is 6.30. The Morgan fingerprint density at radius 1 is 1.43 bits per heavy atom. The van der Waals surface area contributed by atoms with Crippen LogP contribution in [-0.2, 0) is 19.1 Å². The summed E-state index contributed by atoms with van der Waals surface area (Å²) in [6.45, 7) is -0.319. The molecule has 0 spiro atoms. The van der Waals surface area contributed by atoms with E-state index in [-0.39, 0.29) is 19.5 Å². The highest BCUT2D eigenvalue weighted by atomic mass is 19.4. The number of benzene rings is 1. The molecule has 0 bridgehead atoms. The van der Waals surface area contributed by atoms with Crippen molar-refractivity contribution in [2.75, 3.05) is 6.54 Å². The quantitative estimate of drug-likeness (QED) is 0.771. The first kappa shape index (κ1) is 15.6. The smallest absolute Gasteiger partial charge is 0.416 e. The minimum Gasteiger partial charge on any atom is -0.465 e. The second-order valence-electron chi connectivity index (χ2n) is 4.97. The minimum atomic E-state index is -4.48. The zero-order chi connectivity index (χ0) is 15.8. The van der Waals surface area contributed by atoms with E-state index in [9.17, 15) is 23.1 Å². The molecule has 5 nitrogen and oxygen atoms in total. The van der Waals surface area contributed by atoms with E-state index in [0.717, 1.165) is 17.0 Å². The summed E-state index contributed by atoms with van der Waals surface area (Å²) in [5, 5.41) is 19.0. The van der Waals surface area contributed by atoms with Crippen LogP contribution >= 0.6 is 0 Å². The molecule has 0 saturated carbocycles. The summed E-state index contributed by atoms with van der Waals surface area (Å²) in [5.74, 6) is 0. The second-order valence-corrected chi connectivity index (χ2v) is 4.97. The standard InChI is InChI=1S/C13H15F3N2O3/c14-13(15,16)9-2-1-7-4-10(11(19)5-17)18(12(20)21)6-8(7)3-9/h1-3,10-11,19H,4-6,17H2,(H,20,21)/t10-,11?/m0/s1. The number of hydrogen-bond acceptors (Lipinski definition) is 3. The largest absolute Gasteiger partial charge is 0.465 e. The van der Waals surface area contributed by atoms with Crippen LogP contribution < -0.4 is 5.73 Å². The Bertz CT molecular complexity index is 548. The van der Waals surface area contributed by atoms with Crippen LogP contribution in [0.3, 0.4) is 0 Å². The monoisotopic (exact) mass is 304 g/mol. The van der Waals surface area contributed by atoms with Gasteiger partial charge in [0.15, 0.2) is 0 Å². The molecule has 2 rings (SSSR count). The van der Waals surface area contributed by atoms with Crippen molar-refractivity contribution in [2.24, 2.45) is 5.73 Å². The fraction of sp³-hybridized carbons (Fsp3) is 0.462. The molecule has 8 heteroatoms. The van der Waals surface area contributed by atoms with Gasteiger partial charge in [0, 0.05) is 13.1 Å². The summed E-state index contributed by atoms with van der Waals surface area (Å²) in [6.07, 6.45) is -6.69. The van der Waals surface area contributed by atoms with Crippen molar-refractivity contribution in [1.82, 2.24) is 4.90 Å². The molecule has 1 amide bonds. The van der Waals surface area contributed by atoms with Crippen molar-refractivity contribution >= 4 is 6.09 Å². The van der Waals surface area contributed by atoms with Crippen molar-refractivity contribution in [3.63, 3.8) is 0 Å². The van der Waals surface area contributed by atoms with E-state index in [4.69, 9.17) is 10.8 Å². The predicted molar refractivity (Wildman–Crippen MR) is 67.6 cm³/mol. The molecule has 116 valence electrons. The molecule has 2 atom stereocenters. The summed E-state index contributed by atoms with van der Waals surface area (Å²) in [6, 6.07) is 2.49. The van der Waals surface area contributed by atoms with Gasteiger partial charge in [0.2, 0.25) is 0 Å². The van der Waals surface area contributed by atoms with Gasteiger partial charge in [-0.25, -0.2) is 4.79 Å². The number of nitrogens with two attached hydrogens (primary N) is 1. The van der Waals surface area contributed by atoms with Crippen molar-refractivity contribution in [2.45, 2.75) is 31.3 Å². The number of fused-ring (bicyclic) bond motifs is 1. The maximum absolute atomic E-state index is 12.7. The maximum Gasteiger partial charge on any atom is 0.416 e. The summed E-state index contributed by atoms with van der Waals surface area (Å²) < 4.78 is 38.1. The van der Waals surface area contributed by atoms with Gasteiger partial charge >= 0.3 is 12.3 Å². The summed E-state index contributed by atoms with van der Waals surface area (Å²) >= 11 is 0. The Morgan fingerprint density at radius 3 is 2.62 bits per heavy atom. The van der Waals surface area contributed by atoms with Gasteiger partial charge < -0.3 is 15.9 Å². The highest BCUT2D eigenvalue weighted by Gasteiger charge is 2.36. The van der Waals surface area contributed by atoms with E-state index >= 15 is 0 Å². The number of amides is 1. The molecule has 1 aromatic rings. The lowest BCUT2D eigenvalue weighted by Gasteiger charge is -2.37. The van der Waals surface area contributed by atoms with Crippen molar-refractivity contribution in [3.8, 4) is 0 Å². The van der Waals surface area contributed by atoms with Crippen LogP contribution in [-0.4, -0.2) is 39.9 Å². The number of aliphatic hydroxyl groups is 1. The van der Waals surface area contributed by atoms with Crippen LogP contribution in [0.2, 0.25) is 0 Å².